The van der Waals surface area contributed by atoms with Gasteiger partial charge in [0, 0.05) is 11.7 Å². The number of nitrogens with one attached hydrogen (secondary N) is 2. The van der Waals surface area contributed by atoms with Gasteiger partial charge in [0.1, 0.15) is 0 Å². The van der Waals surface area contributed by atoms with Gasteiger partial charge < -0.3 is 24.8 Å². The number of anilines is 1. The maximum absolute atomic E-state index is 12.3. The van der Waals surface area contributed by atoms with Gasteiger partial charge in [-0.3, -0.25) is 0 Å². The largest absolute Gasteiger partial charge is 0.479 e. The molecule has 2 N–H and O–H groups in total. The van der Waals surface area contributed by atoms with Crippen molar-refractivity contribution in [1.82, 2.24) is 5.32 Å². The van der Waals surface area contributed by atoms with Crippen molar-refractivity contribution < 1.29 is 23.8 Å². The Hall–Kier alpha value is -1.81. The van der Waals surface area contributed by atoms with E-state index in [1.165, 1.54) is 18.4 Å². The normalized spacial score (nSPS) is 13.8. The van der Waals surface area contributed by atoms with Crippen molar-refractivity contribution in [1.29, 1.82) is 0 Å². The Bertz CT molecular complexity index is 902. The highest BCUT2D eigenvalue weighted by molar-refractivity contribution is 9.10. The molecule has 2 aromatic rings. The molecule has 1 aromatic heterocycles. The van der Waals surface area contributed by atoms with E-state index in [4.69, 9.17) is 14.2 Å². The van der Waals surface area contributed by atoms with E-state index in [1.807, 2.05) is 18.2 Å². The van der Waals surface area contributed by atoms with E-state index in [0.717, 1.165) is 42.1 Å². The van der Waals surface area contributed by atoms with Crippen LogP contribution in [0.5, 0.6) is 5.75 Å². The lowest BCUT2D eigenvalue weighted by molar-refractivity contribution is -0.145. The highest BCUT2D eigenvalue weighted by Gasteiger charge is 2.25. The molecule has 2 heterocycles. The molecule has 10 heteroatoms. The SMILES string of the molecule is CCOC(=O)COc1c(C(=O)OC)sc(-c2cccc(NC3CCNCC3)c2)c1Br.Cl. The maximum Gasteiger partial charge on any atom is 0.351 e. The van der Waals surface area contributed by atoms with Crippen LogP contribution in [0.25, 0.3) is 10.4 Å². The first-order chi connectivity index (χ1) is 14.5. The number of ether oxygens (including phenoxy) is 3. The molecule has 0 amide bonds. The average molecular weight is 534 g/mol. The summed E-state index contributed by atoms with van der Waals surface area (Å²) in [7, 11) is 1.31. The Kier molecular flexibility index (Phi) is 10.1. The number of carbonyl (C=O) groups is 2. The Morgan fingerprint density at radius 3 is 2.71 bits per heavy atom. The molecule has 1 fully saturated rings. The van der Waals surface area contributed by atoms with Gasteiger partial charge in [0.2, 0.25) is 0 Å². The van der Waals surface area contributed by atoms with Gasteiger partial charge in [-0.1, -0.05) is 12.1 Å². The first-order valence-corrected chi connectivity index (χ1v) is 11.4. The van der Waals surface area contributed by atoms with Crippen LogP contribution in [0.3, 0.4) is 0 Å². The molecule has 0 unspecified atom stereocenters. The summed E-state index contributed by atoms with van der Waals surface area (Å²) in [6, 6.07) is 8.46. The molecule has 1 aliphatic rings. The molecule has 1 saturated heterocycles. The highest BCUT2D eigenvalue weighted by Crippen LogP contribution is 2.46. The Morgan fingerprint density at radius 2 is 2.03 bits per heavy atom. The van der Waals surface area contributed by atoms with Crippen molar-refractivity contribution in [3.8, 4) is 16.2 Å². The lowest BCUT2D eigenvalue weighted by Gasteiger charge is -2.24. The van der Waals surface area contributed by atoms with Gasteiger partial charge in [-0.25, -0.2) is 9.59 Å². The number of hydrogen-bond donors (Lipinski definition) is 2. The van der Waals surface area contributed by atoms with Gasteiger partial charge in [0.25, 0.3) is 0 Å². The molecule has 0 radical (unpaired) electrons. The van der Waals surface area contributed by atoms with Crippen LogP contribution >= 0.6 is 39.7 Å². The number of methoxy groups -OCH3 is 1. The van der Waals surface area contributed by atoms with E-state index in [0.29, 0.717) is 15.4 Å². The Labute approximate surface area is 200 Å². The van der Waals surface area contributed by atoms with E-state index < -0.39 is 11.9 Å². The molecule has 0 atom stereocenters. The molecule has 170 valence electrons. The fourth-order valence-corrected chi connectivity index (χ4v) is 5.19. The van der Waals surface area contributed by atoms with Crippen LogP contribution in [-0.2, 0) is 14.3 Å². The minimum atomic E-state index is -0.519. The zero-order valence-electron chi connectivity index (χ0n) is 17.4. The van der Waals surface area contributed by atoms with Crippen LogP contribution in [0.4, 0.5) is 5.69 Å². The molecule has 0 aliphatic carbocycles. The summed E-state index contributed by atoms with van der Waals surface area (Å²) in [4.78, 5) is 25.1. The predicted octanol–water partition coefficient (Wildman–Crippen LogP) is 4.49. The average Bonchev–Trinajstić information content (AvgIpc) is 3.09. The van der Waals surface area contributed by atoms with Crippen molar-refractivity contribution in [2.45, 2.75) is 25.8 Å². The van der Waals surface area contributed by atoms with E-state index in [9.17, 15) is 9.59 Å². The van der Waals surface area contributed by atoms with Crippen molar-refractivity contribution in [3.63, 3.8) is 0 Å². The summed E-state index contributed by atoms with van der Waals surface area (Å²) in [6.45, 7) is 3.72. The van der Waals surface area contributed by atoms with Gasteiger partial charge in [0.15, 0.2) is 17.2 Å². The van der Waals surface area contributed by atoms with Crippen molar-refractivity contribution in [3.05, 3.63) is 33.6 Å². The minimum Gasteiger partial charge on any atom is -0.479 e. The summed E-state index contributed by atoms with van der Waals surface area (Å²) < 4.78 is 16.0. The fourth-order valence-electron chi connectivity index (χ4n) is 3.22. The number of carbonyl (C=O) groups excluding carboxylic acids is 2. The zero-order valence-corrected chi connectivity index (χ0v) is 20.6. The quantitative estimate of drug-likeness (QED) is 0.484. The molecule has 7 nitrogen and oxygen atoms in total. The molecule has 0 bridgehead atoms. The molecular formula is C21H26BrClN2O5S. The molecule has 1 aliphatic heterocycles. The number of halogens is 2. The van der Waals surface area contributed by atoms with Gasteiger partial charge in [-0.05, 0) is 66.5 Å². The van der Waals surface area contributed by atoms with Crippen LogP contribution in [0.2, 0.25) is 0 Å². The third-order valence-electron chi connectivity index (χ3n) is 4.65. The van der Waals surface area contributed by atoms with Crippen molar-refractivity contribution in [2.24, 2.45) is 0 Å². The van der Waals surface area contributed by atoms with Crippen LogP contribution < -0.4 is 15.4 Å². The zero-order chi connectivity index (χ0) is 21.5. The number of hydrogen-bond acceptors (Lipinski definition) is 8. The van der Waals surface area contributed by atoms with Gasteiger partial charge in [0.05, 0.1) is 23.1 Å². The second-order valence-electron chi connectivity index (χ2n) is 6.74. The third kappa shape index (κ3) is 6.58. The summed E-state index contributed by atoms with van der Waals surface area (Å²) in [5.41, 5.74) is 1.95. The first-order valence-electron chi connectivity index (χ1n) is 9.80. The first kappa shape index (κ1) is 25.5. The summed E-state index contributed by atoms with van der Waals surface area (Å²) in [5.74, 6) is -0.734. The van der Waals surface area contributed by atoms with E-state index in [1.54, 1.807) is 6.92 Å². The van der Waals surface area contributed by atoms with E-state index >= 15 is 0 Å². The standard InChI is InChI=1S/C21H25BrN2O5S.ClH/c1-3-28-16(25)12-29-18-17(22)19(30-20(18)21(26)27-2)13-5-4-6-15(11-13)24-14-7-9-23-10-8-14;/h4-6,11,14,23-24H,3,7-10,12H2,1-2H3;1H. The fraction of sp³-hybridized carbons (Fsp3) is 0.429. The number of benzene rings is 1. The number of rotatable bonds is 8. The smallest absolute Gasteiger partial charge is 0.351 e. The van der Waals surface area contributed by atoms with Crippen LogP contribution in [0.15, 0.2) is 28.7 Å². The van der Waals surface area contributed by atoms with Gasteiger partial charge in [-0.2, -0.15) is 0 Å². The predicted molar refractivity (Wildman–Crippen MR) is 128 cm³/mol. The van der Waals surface area contributed by atoms with E-state index in [-0.39, 0.29) is 31.4 Å². The molecule has 0 saturated carbocycles. The highest BCUT2D eigenvalue weighted by atomic mass is 79.9. The van der Waals surface area contributed by atoms with Crippen molar-refractivity contribution >= 4 is 57.3 Å². The Balaban J connectivity index is 0.00000341. The monoisotopic (exact) mass is 532 g/mol. The minimum absolute atomic E-state index is 0. The maximum atomic E-state index is 12.3. The number of thiophene rings is 1. The molecule has 0 spiro atoms. The summed E-state index contributed by atoms with van der Waals surface area (Å²) in [6.07, 6.45) is 2.15. The Morgan fingerprint density at radius 1 is 1.29 bits per heavy atom. The molecule has 31 heavy (non-hydrogen) atoms. The second kappa shape index (κ2) is 12.3. The van der Waals surface area contributed by atoms with E-state index in [2.05, 4.69) is 32.6 Å². The second-order valence-corrected chi connectivity index (χ2v) is 8.55. The topological polar surface area (TPSA) is 85.9 Å². The van der Waals surface area contributed by atoms with Crippen LogP contribution in [0.1, 0.15) is 29.4 Å². The molecule has 1 aromatic carbocycles. The number of piperidine rings is 1. The third-order valence-corrected chi connectivity index (χ3v) is 6.87. The number of esters is 2. The van der Waals surface area contributed by atoms with Crippen molar-refractivity contribution in [2.75, 3.05) is 38.7 Å². The van der Waals surface area contributed by atoms with Gasteiger partial charge >= 0.3 is 11.9 Å². The van der Waals surface area contributed by atoms with Crippen LogP contribution in [0, 0.1) is 0 Å². The lowest BCUT2D eigenvalue weighted by atomic mass is 10.1. The molecular weight excluding hydrogens is 508 g/mol. The van der Waals surface area contributed by atoms with Gasteiger partial charge in [-0.15, -0.1) is 23.7 Å². The molecule has 3 rings (SSSR count). The summed E-state index contributed by atoms with van der Waals surface area (Å²) >= 11 is 4.80. The lowest BCUT2D eigenvalue weighted by Crippen LogP contribution is -2.35. The summed E-state index contributed by atoms with van der Waals surface area (Å²) in [5, 5.41) is 6.95. The van der Waals surface area contributed by atoms with Crippen LogP contribution in [-0.4, -0.2) is 51.4 Å².